The van der Waals surface area contributed by atoms with E-state index in [1.54, 1.807) is 4.90 Å². The molecule has 3 aromatic carbocycles. The molecule has 0 bridgehead atoms. The van der Waals surface area contributed by atoms with Gasteiger partial charge in [-0.1, -0.05) is 103 Å². The lowest BCUT2D eigenvalue weighted by molar-refractivity contribution is -0.139. The first-order chi connectivity index (χ1) is 18.0. The Kier molecular flexibility index (Phi) is 10.1. The molecule has 1 aliphatic carbocycles. The molecular weight excluding hydrogens is 500 g/mol. The zero-order valence-corrected chi connectivity index (χ0v) is 22.9. The Bertz CT molecular complexity index is 1160. The highest BCUT2D eigenvalue weighted by molar-refractivity contribution is 7.99. The number of halogens is 1. The van der Waals surface area contributed by atoms with E-state index in [0.29, 0.717) is 23.7 Å². The summed E-state index contributed by atoms with van der Waals surface area (Å²) in [4.78, 5) is 29.2. The van der Waals surface area contributed by atoms with Gasteiger partial charge in [0.1, 0.15) is 6.04 Å². The average Bonchev–Trinajstić information content (AvgIpc) is 3.42. The Balaban J connectivity index is 1.56. The second-order valence-electron chi connectivity index (χ2n) is 9.79. The number of benzene rings is 3. The van der Waals surface area contributed by atoms with E-state index in [-0.39, 0.29) is 23.6 Å². The maximum atomic E-state index is 13.8. The van der Waals surface area contributed by atoms with Crippen LogP contribution in [0.25, 0.3) is 0 Å². The Morgan fingerprint density at radius 2 is 1.62 bits per heavy atom. The van der Waals surface area contributed by atoms with Gasteiger partial charge < -0.3 is 10.2 Å². The molecular formula is C31H35ClN2O2S. The number of thioether (sulfide) groups is 1. The van der Waals surface area contributed by atoms with Crippen LogP contribution in [-0.2, 0) is 28.3 Å². The van der Waals surface area contributed by atoms with Crippen LogP contribution in [0, 0.1) is 6.92 Å². The molecule has 0 saturated heterocycles. The quantitative estimate of drug-likeness (QED) is 0.302. The number of nitrogens with one attached hydrogen (secondary N) is 1. The fourth-order valence-corrected chi connectivity index (χ4v) is 5.95. The second kappa shape index (κ2) is 13.7. The highest BCUT2D eigenvalue weighted by Gasteiger charge is 2.32. The fourth-order valence-electron chi connectivity index (χ4n) is 4.76. The van der Waals surface area contributed by atoms with Gasteiger partial charge >= 0.3 is 0 Å². The summed E-state index contributed by atoms with van der Waals surface area (Å²) < 4.78 is 0. The second-order valence-corrected chi connectivity index (χ2v) is 11.2. The van der Waals surface area contributed by atoms with Gasteiger partial charge in [-0.3, -0.25) is 9.59 Å². The van der Waals surface area contributed by atoms with Crippen LogP contribution in [0.15, 0.2) is 78.9 Å². The Morgan fingerprint density at radius 1 is 0.946 bits per heavy atom. The van der Waals surface area contributed by atoms with Crippen LogP contribution in [0.1, 0.15) is 47.9 Å². The Hall–Kier alpha value is -2.76. The van der Waals surface area contributed by atoms with E-state index in [1.165, 1.54) is 11.8 Å². The number of amides is 2. The lowest BCUT2D eigenvalue weighted by atomic mass is 10.0. The van der Waals surface area contributed by atoms with Gasteiger partial charge in [0, 0.05) is 29.8 Å². The molecule has 4 rings (SSSR count). The molecule has 6 heteroatoms. The SMILES string of the molecule is Cc1ccc(CN(C(=O)CSCc2ccccc2Cl)[C@H](Cc2ccccc2)C(=O)NC2CCCC2)cc1. The van der Waals surface area contributed by atoms with Gasteiger partial charge in [0.05, 0.1) is 5.75 Å². The van der Waals surface area contributed by atoms with Crippen LogP contribution >= 0.6 is 23.4 Å². The molecule has 0 spiro atoms. The molecule has 1 aliphatic rings. The molecule has 194 valence electrons. The first-order valence-electron chi connectivity index (χ1n) is 13.0. The minimum absolute atomic E-state index is 0.0415. The van der Waals surface area contributed by atoms with Gasteiger partial charge in [-0.05, 0) is 42.5 Å². The number of carbonyl (C=O) groups is 2. The molecule has 1 saturated carbocycles. The summed E-state index contributed by atoms with van der Waals surface area (Å²) in [5.74, 6) is 0.813. The third kappa shape index (κ3) is 8.11. The predicted molar refractivity (Wildman–Crippen MR) is 154 cm³/mol. The summed E-state index contributed by atoms with van der Waals surface area (Å²) in [5, 5.41) is 3.97. The number of aryl methyl sites for hydroxylation is 1. The third-order valence-corrected chi connectivity index (χ3v) is 8.22. The van der Waals surface area contributed by atoms with Crippen molar-refractivity contribution in [2.45, 2.75) is 63.4 Å². The van der Waals surface area contributed by atoms with Crippen LogP contribution < -0.4 is 5.32 Å². The van der Waals surface area contributed by atoms with Crippen molar-refractivity contribution in [1.82, 2.24) is 10.2 Å². The van der Waals surface area contributed by atoms with Crippen molar-refractivity contribution in [3.05, 3.63) is 106 Å². The van der Waals surface area contributed by atoms with Gasteiger partial charge in [-0.25, -0.2) is 0 Å². The number of rotatable bonds is 11. The topological polar surface area (TPSA) is 49.4 Å². The summed E-state index contributed by atoms with van der Waals surface area (Å²) in [7, 11) is 0. The molecule has 2 amide bonds. The molecule has 37 heavy (non-hydrogen) atoms. The summed E-state index contributed by atoms with van der Waals surface area (Å²) in [5.41, 5.74) is 4.23. The molecule has 1 atom stereocenters. The smallest absolute Gasteiger partial charge is 0.243 e. The number of nitrogens with zero attached hydrogens (tertiary/aromatic N) is 1. The third-order valence-electron chi connectivity index (χ3n) is 6.89. The molecule has 4 nitrogen and oxygen atoms in total. The molecule has 0 radical (unpaired) electrons. The number of carbonyl (C=O) groups excluding carboxylic acids is 2. The van der Waals surface area contributed by atoms with Crippen molar-refractivity contribution in [2.24, 2.45) is 0 Å². The van der Waals surface area contributed by atoms with Crippen molar-refractivity contribution in [3.63, 3.8) is 0 Å². The van der Waals surface area contributed by atoms with Crippen LogP contribution in [0.2, 0.25) is 5.02 Å². The maximum absolute atomic E-state index is 13.8. The molecule has 0 aliphatic heterocycles. The Morgan fingerprint density at radius 3 is 2.32 bits per heavy atom. The van der Waals surface area contributed by atoms with Gasteiger partial charge in [0.15, 0.2) is 0 Å². The normalized spacial score (nSPS) is 14.3. The average molecular weight is 535 g/mol. The Labute approximate surface area is 229 Å². The van der Waals surface area contributed by atoms with Crippen LogP contribution in [0.4, 0.5) is 0 Å². The first-order valence-corrected chi connectivity index (χ1v) is 14.5. The summed E-state index contributed by atoms with van der Waals surface area (Å²) >= 11 is 7.85. The van der Waals surface area contributed by atoms with E-state index >= 15 is 0 Å². The molecule has 0 aromatic heterocycles. The van der Waals surface area contributed by atoms with E-state index in [9.17, 15) is 9.59 Å². The van der Waals surface area contributed by atoms with Gasteiger partial charge in [0.2, 0.25) is 11.8 Å². The largest absolute Gasteiger partial charge is 0.352 e. The van der Waals surface area contributed by atoms with Crippen LogP contribution in [-0.4, -0.2) is 34.6 Å². The zero-order chi connectivity index (χ0) is 26.0. The zero-order valence-electron chi connectivity index (χ0n) is 21.4. The van der Waals surface area contributed by atoms with E-state index in [2.05, 4.69) is 17.4 Å². The van der Waals surface area contributed by atoms with Crippen LogP contribution in [0.5, 0.6) is 0 Å². The first kappa shape index (κ1) is 27.3. The minimum Gasteiger partial charge on any atom is -0.352 e. The predicted octanol–water partition coefficient (Wildman–Crippen LogP) is 6.58. The van der Waals surface area contributed by atoms with E-state index in [0.717, 1.165) is 47.9 Å². The number of hydrogen-bond donors (Lipinski definition) is 1. The van der Waals surface area contributed by atoms with Gasteiger partial charge in [-0.2, -0.15) is 0 Å². The molecule has 0 unspecified atom stereocenters. The lowest BCUT2D eigenvalue weighted by Gasteiger charge is -2.32. The van der Waals surface area contributed by atoms with E-state index in [1.807, 2.05) is 73.7 Å². The molecule has 3 aromatic rings. The van der Waals surface area contributed by atoms with E-state index in [4.69, 9.17) is 11.6 Å². The molecule has 0 heterocycles. The summed E-state index contributed by atoms with van der Waals surface area (Å²) in [6.45, 7) is 2.44. The van der Waals surface area contributed by atoms with Gasteiger partial charge in [0.25, 0.3) is 0 Å². The summed E-state index contributed by atoms with van der Waals surface area (Å²) in [6.07, 6.45) is 4.76. The van der Waals surface area contributed by atoms with E-state index < -0.39 is 6.04 Å². The number of hydrogen-bond acceptors (Lipinski definition) is 3. The highest BCUT2D eigenvalue weighted by atomic mass is 35.5. The van der Waals surface area contributed by atoms with Gasteiger partial charge in [-0.15, -0.1) is 11.8 Å². The molecule has 1 fully saturated rings. The van der Waals surface area contributed by atoms with Crippen molar-refractivity contribution in [1.29, 1.82) is 0 Å². The lowest BCUT2D eigenvalue weighted by Crippen LogP contribution is -2.52. The standard InChI is InChI=1S/C31H35ClN2O2S/c1-23-15-17-25(18-16-23)20-34(30(35)22-37-21-26-11-5-8-14-28(26)32)29(19-24-9-3-2-4-10-24)31(36)33-27-12-6-7-13-27/h2-5,8-11,14-18,27,29H,6-7,12-13,19-22H2,1H3,(H,33,36)/t29-/m1/s1. The van der Waals surface area contributed by atoms with Crippen molar-refractivity contribution < 1.29 is 9.59 Å². The van der Waals surface area contributed by atoms with Crippen LogP contribution in [0.3, 0.4) is 0 Å². The fraction of sp³-hybridized carbons (Fsp3) is 0.355. The van der Waals surface area contributed by atoms with Crippen molar-refractivity contribution >= 4 is 35.2 Å². The highest BCUT2D eigenvalue weighted by Crippen LogP contribution is 2.23. The minimum atomic E-state index is -0.585. The van der Waals surface area contributed by atoms with Crippen molar-refractivity contribution in [3.8, 4) is 0 Å². The summed E-state index contributed by atoms with van der Waals surface area (Å²) in [6, 6.07) is 25.5. The maximum Gasteiger partial charge on any atom is 0.243 e. The monoisotopic (exact) mass is 534 g/mol. The van der Waals surface area contributed by atoms with Crippen molar-refractivity contribution in [2.75, 3.05) is 5.75 Å². The molecule has 1 N–H and O–H groups in total.